The van der Waals surface area contributed by atoms with E-state index in [1.807, 2.05) is 7.05 Å². The number of nitrogens with one attached hydrogen (secondary N) is 1. The Labute approximate surface area is 128 Å². The molecule has 5 rings (SSSR count). The maximum atomic E-state index is 12.7. The summed E-state index contributed by atoms with van der Waals surface area (Å²) in [6.07, 6.45) is 9.77. The second-order valence-electron chi connectivity index (χ2n) is 8.81. The Morgan fingerprint density at radius 2 is 1.71 bits per heavy atom. The second-order valence-corrected chi connectivity index (χ2v) is 8.81. The average Bonchev–Trinajstić information content (AvgIpc) is 2.81. The van der Waals surface area contributed by atoms with Crippen LogP contribution in [-0.2, 0) is 4.79 Å². The summed E-state index contributed by atoms with van der Waals surface area (Å²) in [5.74, 6) is 3.77. The summed E-state index contributed by atoms with van der Waals surface area (Å²) in [4.78, 5) is 14.8. The molecule has 0 aromatic rings. The lowest BCUT2D eigenvalue weighted by Crippen LogP contribution is -2.53. The number of hydrogen-bond donors (Lipinski definition) is 1. The molecule has 1 saturated heterocycles. The van der Waals surface area contributed by atoms with E-state index in [-0.39, 0.29) is 6.04 Å². The topological polar surface area (TPSA) is 32.3 Å². The quantitative estimate of drug-likeness (QED) is 0.866. The molecule has 2 unspecified atom stereocenters. The van der Waals surface area contributed by atoms with Crippen LogP contribution in [-0.4, -0.2) is 37.0 Å². The Morgan fingerprint density at radius 1 is 1.14 bits per heavy atom. The number of nitrogens with zero attached hydrogens (tertiary/aromatic N) is 1. The van der Waals surface area contributed by atoms with Crippen molar-refractivity contribution in [2.75, 3.05) is 20.1 Å². The minimum atomic E-state index is 0.0731. The van der Waals surface area contributed by atoms with Crippen LogP contribution in [0.2, 0.25) is 0 Å². The van der Waals surface area contributed by atoms with Gasteiger partial charge in [0.15, 0.2) is 0 Å². The third-order valence-corrected chi connectivity index (χ3v) is 6.91. The second kappa shape index (κ2) is 4.97. The molecule has 5 fully saturated rings. The van der Waals surface area contributed by atoms with Gasteiger partial charge in [-0.15, -0.1) is 0 Å². The Hall–Kier alpha value is -0.570. The monoisotopic (exact) mass is 290 g/mol. The standard InChI is InChI=1S/C18H30N2O/c1-12-3-4-19-16(12)17(21)20(2)11-18-8-13-5-14(9-18)7-15(6-13)10-18/h12-16,19H,3-11H2,1-2H3. The van der Waals surface area contributed by atoms with E-state index in [0.717, 1.165) is 37.3 Å². The summed E-state index contributed by atoms with van der Waals surface area (Å²) in [5.41, 5.74) is 0.473. The largest absolute Gasteiger partial charge is 0.344 e. The predicted molar refractivity (Wildman–Crippen MR) is 83.8 cm³/mol. The van der Waals surface area contributed by atoms with Crippen LogP contribution in [0.3, 0.4) is 0 Å². The Bertz CT molecular complexity index is 398. The van der Waals surface area contributed by atoms with E-state index < -0.39 is 0 Å². The van der Waals surface area contributed by atoms with Crippen LogP contribution in [0.25, 0.3) is 0 Å². The molecule has 5 aliphatic rings. The third kappa shape index (κ3) is 2.42. The van der Waals surface area contributed by atoms with Crippen LogP contribution >= 0.6 is 0 Å². The van der Waals surface area contributed by atoms with Crippen molar-refractivity contribution in [1.82, 2.24) is 10.2 Å². The summed E-state index contributed by atoms with van der Waals surface area (Å²) < 4.78 is 0. The molecule has 1 amide bonds. The first-order chi connectivity index (χ1) is 10.0. The Morgan fingerprint density at radius 3 is 2.19 bits per heavy atom. The van der Waals surface area contributed by atoms with E-state index in [1.165, 1.54) is 38.5 Å². The van der Waals surface area contributed by atoms with Gasteiger partial charge in [0.2, 0.25) is 5.91 Å². The van der Waals surface area contributed by atoms with Gasteiger partial charge in [0, 0.05) is 13.6 Å². The van der Waals surface area contributed by atoms with E-state index in [9.17, 15) is 4.79 Å². The van der Waals surface area contributed by atoms with Crippen LogP contribution < -0.4 is 5.32 Å². The highest BCUT2D eigenvalue weighted by atomic mass is 16.2. The fourth-order valence-electron chi connectivity index (χ4n) is 6.47. The summed E-state index contributed by atoms with van der Waals surface area (Å²) in [7, 11) is 2.05. The maximum absolute atomic E-state index is 12.7. The van der Waals surface area contributed by atoms with Crippen molar-refractivity contribution in [1.29, 1.82) is 0 Å². The smallest absolute Gasteiger partial charge is 0.239 e. The molecular weight excluding hydrogens is 260 g/mol. The summed E-state index contributed by atoms with van der Waals surface area (Å²) in [6.45, 7) is 4.23. The zero-order valence-corrected chi connectivity index (χ0v) is 13.6. The lowest BCUT2D eigenvalue weighted by molar-refractivity contribution is -0.138. The molecule has 21 heavy (non-hydrogen) atoms. The normalized spacial score (nSPS) is 47.8. The molecule has 4 aliphatic carbocycles. The lowest BCUT2D eigenvalue weighted by atomic mass is 9.49. The molecule has 0 spiro atoms. The van der Waals surface area contributed by atoms with Gasteiger partial charge in [0.1, 0.15) is 0 Å². The van der Waals surface area contributed by atoms with Crippen molar-refractivity contribution in [3.63, 3.8) is 0 Å². The maximum Gasteiger partial charge on any atom is 0.239 e. The molecule has 0 radical (unpaired) electrons. The summed E-state index contributed by atoms with van der Waals surface area (Å²) in [5, 5.41) is 3.40. The highest BCUT2D eigenvalue weighted by Crippen LogP contribution is 2.60. The molecule has 1 aliphatic heterocycles. The van der Waals surface area contributed by atoms with Gasteiger partial charge in [-0.3, -0.25) is 4.79 Å². The van der Waals surface area contributed by atoms with Crippen molar-refractivity contribution in [2.24, 2.45) is 29.1 Å². The molecule has 4 saturated carbocycles. The van der Waals surface area contributed by atoms with Crippen molar-refractivity contribution < 1.29 is 4.79 Å². The first-order valence-electron chi connectivity index (χ1n) is 9.03. The van der Waals surface area contributed by atoms with Gasteiger partial charge in [-0.05, 0) is 80.6 Å². The van der Waals surface area contributed by atoms with E-state index in [4.69, 9.17) is 0 Å². The Balaban J connectivity index is 1.44. The SMILES string of the molecule is CC1CCNC1C(=O)N(C)CC12CC3CC(CC(C3)C1)C2. The fourth-order valence-corrected chi connectivity index (χ4v) is 6.47. The minimum absolute atomic E-state index is 0.0731. The van der Waals surface area contributed by atoms with Crippen LogP contribution in [0, 0.1) is 29.1 Å². The summed E-state index contributed by atoms with van der Waals surface area (Å²) >= 11 is 0. The summed E-state index contributed by atoms with van der Waals surface area (Å²) in [6, 6.07) is 0.0731. The van der Waals surface area contributed by atoms with Crippen molar-refractivity contribution in [2.45, 2.75) is 57.9 Å². The van der Waals surface area contributed by atoms with E-state index >= 15 is 0 Å². The molecule has 0 aromatic carbocycles. The molecule has 1 N–H and O–H groups in total. The van der Waals surface area contributed by atoms with E-state index in [1.54, 1.807) is 0 Å². The molecular formula is C18H30N2O. The van der Waals surface area contributed by atoms with Crippen molar-refractivity contribution >= 4 is 5.91 Å². The van der Waals surface area contributed by atoms with Gasteiger partial charge in [0.05, 0.1) is 6.04 Å². The van der Waals surface area contributed by atoms with Crippen LogP contribution in [0.15, 0.2) is 0 Å². The van der Waals surface area contributed by atoms with Crippen LogP contribution in [0.4, 0.5) is 0 Å². The molecule has 2 atom stereocenters. The first kappa shape index (κ1) is 14.0. The van der Waals surface area contributed by atoms with Gasteiger partial charge < -0.3 is 10.2 Å². The average molecular weight is 290 g/mol. The predicted octanol–water partition coefficient (Wildman–Crippen LogP) is 2.66. The zero-order valence-electron chi connectivity index (χ0n) is 13.6. The minimum Gasteiger partial charge on any atom is -0.344 e. The van der Waals surface area contributed by atoms with Gasteiger partial charge in [-0.25, -0.2) is 0 Å². The fraction of sp³-hybridized carbons (Fsp3) is 0.944. The number of hydrogen-bond acceptors (Lipinski definition) is 2. The zero-order chi connectivity index (χ0) is 14.6. The Kier molecular flexibility index (Phi) is 3.33. The molecule has 118 valence electrons. The third-order valence-electron chi connectivity index (χ3n) is 6.91. The molecule has 4 bridgehead atoms. The van der Waals surface area contributed by atoms with Gasteiger partial charge in [0.25, 0.3) is 0 Å². The number of carbonyl (C=O) groups excluding carboxylic acids is 1. The molecule has 0 aromatic heterocycles. The van der Waals surface area contributed by atoms with E-state index in [2.05, 4.69) is 17.1 Å². The first-order valence-corrected chi connectivity index (χ1v) is 9.03. The highest BCUT2D eigenvalue weighted by Gasteiger charge is 2.51. The molecule has 3 heteroatoms. The van der Waals surface area contributed by atoms with Crippen molar-refractivity contribution in [3.8, 4) is 0 Å². The van der Waals surface area contributed by atoms with Gasteiger partial charge >= 0.3 is 0 Å². The van der Waals surface area contributed by atoms with Crippen LogP contribution in [0.1, 0.15) is 51.9 Å². The number of carbonyl (C=O) groups is 1. The van der Waals surface area contributed by atoms with Gasteiger partial charge in [-0.2, -0.15) is 0 Å². The number of rotatable bonds is 3. The molecule has 1 heterocycles. The lowest BCUT2D eigenvalue weighted by Gasteiger charge is -2.57. The number of amides is 1. The molecule has 3 nitrogen and oxygen atoms in total. The van der Waals surface area contributed by atoms with Crippen molar-refractivity contribution in [3.05, 3.63) is 0 Å². The van der Waals surface area contributed by atoms with Gasteiger partial charge in [-0.1, -0.05) is 6.92 Å². The van der Waals surface area contributed by atoms with Crippen LogP contribution in [0.5, 0.6) is 0 Å². The number of likely N-dealkylation sites (N-methyl/N-ethyl adjacent to an activating group) is 1. The van der Waals surface area contributed by atoms with E-state index in [0.29, 0.717) is 17.2 Å². The highest BCUT2D eigenvalue weighted by molar-refractivity contribution is 5.82.